The second-order valence-corrected chi connectivity index (χ2v) is 11.7. The topological polar surface area (TPSA) is 80.2 Å². The van der Waals surface area contributed by atoms with Gasteiger partial charge in [0, 0.05) is 17.6 Å². The second-order valence-electron chi connectivity index (χ2n) is 8.10. The van der Waals surface area contributed by atoms with E-state index in [1.54, 1.807) is 35.4 Å². The molecule has 0 aliphatic rings. The highest BCUT2D eigenvalue weighted by Crippen LogP contribution is 2.34. The fourth-order valence-corrected chi connectivity index (χ4v) is 6.33. The lowest BCUT2D eigenvalue weighted by molar-refractivity contribution is -0.118. The summed E-state index contributed by atoms with van der Waals surface area (Å²) in [6.07, 6.45) is 1.96. The van der Waals surface area contributed by atoms with Crippen molar-refractivity contribution in [3.8, 4) is 0 Å². The quantitative estimate of drug-likeness (QED) is 0.300. The number of fused-ring (bicyclic) bond motifs is 1. The third kappa shape index (κ3) is 5.63. The molecule has 1 amide bonds. The van der Waals surface area contributed by atoms with Crippen molar-refractivity contribution in [3.05, 3.63) is 82.6 Å². The Morgan fingerprint density at radius 2 is 1.85 bits per heavy atom. The average Bonchev–Trinajstić information content (AvgIpc) is 3.22. The SMILES string of the molecule is Cc1ccc(S(=O)(=O)CCCC(=O)N(Cc2ccccn2)c2nc3c(C)cc(Cl)cc3s2)cc1. The third-order valence-electron chi connectivity index (χ3n) is 5.40. The highest BCUT2D eigenvalue weighted by Gasteiger charge is 2.23. The number of thiazole rings is 1. The minimum Gasteiger partial charge on any atom is -0.282 e. The molecule has 2 aromatic carbocycles. The van der Waals surface area contributed by atoms with E-state index < -0.39 is 9.84 Å². The van der Waals surface area contributed by atoms with E-state index in [4.69, 9.17) is 16.6 Å². The van der Waals surface area contributed by atoms with Gasteiger partial charge in [0.1, 0.15) is 0 Å². The van der Waals surface area contributed by atoms with Crippen molar-refractivity contribution in [1.82, 2.24) is 9.97 Å². The number of aromatic nitrogens is 2. The smallest absolute Gasteiger partial charge is 0.229 e. The van der Waals surface area contributed by atoms with Crippen molar-refractivity contribution >= 4 is 54.0 Å². The largest absolute Gasteiger partial charge is 0.282 e. The van der Waals surface area contributed by atoms with Gasteiger partial charge in [-0.05, 0) is 62.2 Å². The molecule has 4 aromatic rings. The first-order chi connectivity index (χ1) is 16.2. The number of rotatable bonds is 8. The summed E-state index contributed by atoms with van der Waals surface area (Å²) >= 11 is 7.59. The summed E-state index contributed by atoms with van der Waals surface area (Å²) in [4.78, 5) is 24.2. The van der Waals surface area contributed by atoms with Crippen LogP contribution in [0.3, 0.4) is 0 Å². The maximum atomic E-state index is 13.3. The van der Waals surface area contributed by atoms with Crippen LogP contribution in [0.2, 0.25) is 5.02 Å². The number of hydrogen-bond acceptors (Lipinski definition) is 6. The molecule has 0 atom stereocenters. The van der Waals surface area contributed by atoms with Crippen LogP contribution in [0.15, 0.2) is 65.7 Å². The van der Waals surface area contributed by atoms with Gasteiger partial charge in [0.05, 0.1) is 33.1 Å². The summed E-state index contributed by atoms with van der Waals surface area (Å²) in [5, 5.41) is 1.15. The number of pyridine rings is 1. The van der Waals surface area contributed by atoms with E-state index in [1.165, 1.54) is 11.3 Å². The van der Waals surface area contributed by atoms with Crippen LogP contribution < -0.4 is 4.90 Å². The molecule has 2 aromatic heterocycles. The highest BCUT2D eigenvalue weighted by atomic mass is 35.5. The number of sulfone groups is 1. The number of aryl methyl sites for hydroxylation is 2. The summed E-state index contributed by atoms with van der Waals surface area (Å²) in [5.74, 6) is -0.305. The van der Waals surface area contributed by atoms with Crippen LogP contribution >= 0.6 is 22.9 Å². The lowest BCUT2D eigenvalue weighted by atomic mass is 10.2. The highest BCUT2D eigenvalue weighted by molar-refractivity contribution is 7.91. The van der Waals surface area contributed by atoms with Gasteiger partial charge in [-0.1, -0.05) is 46.7 Å². The van der Waals surface area contributed by atoms with E-state index in [-0.39, 0.29) is 35.9 Å². The molecule has 176 valence electrons. The second kappa shape index (κ2) is 10.2. The van der Waals surface area contributed by atoms with E-state index in [1.807, 2.05) is 44.2 Å². The lowest BCUT2D eigenvalue weighted by Crippen LogP contribution is -2.30. The van der Waals surface area contributed by atoms with Gasteiger partial charge in [0.15, 0.2) is 15.0 Å². The van der Waals surface area contributed by atoms with Crippen molar-refractivity contribution in [2.24, 2.45) is 0 Å². The maximum Gasteiger partial charge on any atom is 0.229 e. The Balaban J connectivity index is 1.55. The number of halogens is 1. The Morgan fingerprint density at radius 3 is 2.56 bits per heavy atom. The van der Waals surface area contributed by atoms with Crippen LogP contribution in [0.4, 0.5) is 5.13 Å². The number of nitrogens with zero attached hydrogens (tertiary/aromatic N) is 3. The fraction of sp³-hybridized carbons (Fsp3) is 0.240. The lowest BCUT2D eigenvalue weighted by Gasteiger charge is -2.19. The number of anilines is 1. The molecule has 2 heterocycles. The Labute approximate surface area is 208 Å². The van der Waals surface area contributed by atoms with Crippen LogP contribution in [0.5, 0.6) is 0 Å². The molecule has 0 saturated heterocycles. The first kappa shape index (κ1) is 24.3. The molecule has 6 nitrogen and oxygen atoms in total. The molecule has 9 heteroatoms. The molecule has 0 saturated carbocycles. The average molecular weight is 514 g/mol. The molecular formula is C25H24ClN3O3S2. The normalized spacial score (nSPS) is 11.6. The van der Waals surface area contributed by atoms with Gasteiger partial charge < -0.3 is 0 Å². The molecule has 0 fully saturated rings. The van der Waals surface area contributed by atoms with Crippen molar-refractivity contribution < 1.29 is 13.2 Å². The molecule has 0 bridgehead atoms. The standard InChI is InChI=1S/C25H24ClN3O3S2/c1-17-8-10-21(11-9-17)34(31,32)13-5-7-23(30)29(16-20-6-3-4-12-27-20)25-28-24-18(2)14-19(26)15-22(24)33-25/h3-4,6,8-12,14-15H,5,7,13,16H2,1-2H3. The Kier molecular flexibility index (Phi) is 7.30. The van der Waals surface area contributed by atoms with E-state index in [0.717, 1.165) is 27.0 Å². The van der Waals surface area contributed by atoms with Crippen LogP contribution in [0.25, 0.3) is 10.2 Å². The van der Waals surface area contributed by atoms with Gasteiger partial charge in [-0.3, -0.25) is 14.7 Å². The van der Waals surface area contributed by atoms with Crippen LogP contribution in [-0.4, -0.2) is 30.0 Å². The van der Waals surface area contributed by atoms with Crippen molar-refractivity contribution in [3.63, 3.8) is 0 Å². The molecule has 34 heavy (non-hydrogen) atoms. The zero-order chi connectivity index (χ0) is 24.3. The summed E-state index contributed by atoms with van der Waals surface area (Å²) < 4.78 is 26.3. The predicted molar refractivity (Wildman–Crippen MR) is 137 cm³/mol. The summed E-state index contributed by atoms with van der Waals surface area (Å²) in [6.45, 7) is 4.08. The van der Waals surface area contributed by atoms with Gasteiger partial charge in [-0.25, -0.2) is 13.4 Å². The molecule has 0 N–H and O–H groups in total. The van der Waals surface area contributed by atoms with E-state index >= 15 is 0 Å². The first-order valence-electron chi connectivity index (χ1n) is 10.8. The number of hydrogen-bond donors (Lipinski definition) is 0. The Bertz CT molecular complexity index is 1420. The van der Waals surface area contributed by atoms with E-state index in [0.29, 0.717) is 10.2 Å². The third-order valence-corrected chi connectivity index (χ3v) is 8.46. The Morgan fingerprint density at radius 1 is 1.09 bits per heavy atom. The van der Waals surface area contributed by atoms with Gasteiger partial charge in [0.2, 0.25) is 5.91 Å². The molecule has 0 unspecified atom stereocenters. The molecule has 0 radical (unpaired) electrons. The molecular weight excluding hydrogens is 490 g/mol. The van der Waals surface area contributed by atoms with Gasteiger partial charge >= 0.3 is 0 Å². The monoisotopic (exact) mass is 513 g/mol. The zero-order valence-electron chi connectivity index (χ0n) is 18.9. The minimum absolute atomic E-state index is 0.0770. The van der Waals surface area contributed by atoms with Crippen LogP contribution in [0.1, 0.15) is 29.7 Å². The molecule has 0 aliphatic carbocycles. The maximum absolute atomic E-state index is 13.3. The van der Waals surface area contributed by atoms with Gasteiger partial charge in [-0.2, -0.15) is 0 Å². The summed E-state index contributed by atoms with van der Waals surface area (Å²) in [7, 11) is -3.46. The van der Waals surface area contributed by atoms with E-state index in [9.17, 15) is 13.2 Å². The summed E-state index contributed by atoms with van der Waals surface area (Å²) in [6, 6.07) is 16.0. The Hall–Kier alpha value is -2.81. The van der Waals surface area contributed by atoms with Crippen LogP contribution in [-0.2, 0) is 21.2 Å². The molecule has 0 aliphatic heterocycles. The number of benzene rings is 2. The molecule has 4 rings (SSSR count). The molecule has 0 spiro atoms. The van der Waals surface area contributed by atoms with Gasteiger partial charge in [-0.15, -0.1) is 0 Å². The first-order valence-corrected chi connectivity index (χ1v) is 13.6. The predicted octanol–water partition coefficient (Wildman–Crippen LogP) is 5.75. The number of carbonyl (C=O) groups excluding carboxylic acids is 1. The fourth-order valence-electron chi connectivity index (χ4n) is 3.59. The van der Waals surface area contributed by atoms with Crippen LogP contribution in [0, 0.1) is 13.8 Å². The number of amides is 1. The van der Waals surface area contributed by atoms with Crippen molar-refractivity contribution in [1.29, 1.82) is 0 Å². The van der Waals surface area contributed by atoms with Crippen molar-refractivity contribution in [2.75, 3.05) is 10.7 Å². The van der Waals surface area contributed by atoms with E-state index in [2.05, 4.69) is 4.98 Å². The minimum atomic E-state index is -3.46. The number of carbonyl (C=O) groups is 1. The van der Waals surface area contributed by atoms with Gasteiger partial charge in [0.25, 0.3) is 0 Å². The zero-order valence-corrected chi connectivity index (χ0v) is 21.3. The van der Waals surface area contributed by atoms with Crippen molar-refractivity contribution in [2.45, 2.75) is 38.1 Å². The summed E-state index contributed by atoms with van der Waals surface area (Å²) in [5.41, 5.74) is 3.44.